The molecule has 1 aromatic carbocycles. The van der Waals surface area contributed by atoms with Crippen molar-refractivity contribution in [2.24, 2.45) is 0 Å². The Morgan fingerprint density at radius 2 is 2.08 bits per heavy atom. The molecule has 2 atom stereocenters. The summed E-state index contributed by atoms with van der Waals surface area (Å²) in [5.41, 5.74) is 3.00. The Balaban J connectivity index is 1.48. The molecule has 5 heteroatoms. The zero-order valence-electron chi connectivity index (χ0n) is 13.9. The lowest BCUT2D eigenvalue weighted by Crippen LogP contribution is -2.50. The zero-order chi connectivity index (χ0) is 16.5. The third-order valence-corrected chi connectivity index (χ3v) is 5.12. The van der Waals surface area contributed by atoms with Gasteiger partial charge >= 0.3 is 0 Å². The molecule has 0 radical (unpaired) electrons. The number of aryl methyl sites for hydroxylation is 1. The second kappa shape index (κ2) is 6.42. The number of hydrogen-bond donors (Lipinski definition) is 1. The first-order chi connectivity index (χ1) is 11.7. The van der Waals surface area contributed by atoms with Gasteiger partial charge in [-0.3, -0.25) is 9.69 Å². The van der Waals surface area contributed by atoms with Crippen LogP contribution in [0.4, 0.5) is 0 Å². The number of fused-ring (bicyclic) bond motifs is 1. The van der Waals surface area contributed by atoms with Gasteiger partial charge in [-0.15, -0.1) is 0 Å². The lowest BCUT2D eigenvalue weighted by atomic mass is 10.1. The SMILES string of the molecule is Cc1[nH]ccc1C(=O)N1C[C@@H]2OCCN(Cc3ccccc3)[C@@H]2C1. The van der Waals surface area contributed by atoms with Crippen molar-refractivity contribution in [1.82, 2.24) is 14.8 Å². The summed E-state index contributed by atoms with van der Waals surface area (Å²) in [5, 5.41) is 0. The average molecular weight is 325 g/mol. The van der Waals surface area contributed by atoms with Crippen LogP contribution in [-0.4, -0.2) is 59.1 Å². The zero-order valence-corrected chi connectivity index (χ0v) is 13.9. The molecular formula is C19H23N3O2. The summed E-state index contributed by atoms with van der Waals surface area (Å²) < 4.78 is 5.95. The Morgan fingerprint density at radius 3 is 2.83 bits per heavy atom. The minimum atomic E-state index is 0.103. The molecule has 1 N–H and O–H groups in total. The minimum absolute atomic E-state index is 0.103. The Labute approximate surface area is 142 Å². The maximum absolute atomic E-state index is 12.8. The number of hydrogen-bond acceptors (Lipinski definition) is 3. The normalized spacial score (nSPS) is 24.1. The van der Waals surface area contributed by atoms with E-state index in [2.05, 4.69) is 34.1 Å². The number of benzene rings is 1. The molecule has 4 rings (SSSR count). The third-order valence-electron chi connectivity index (χ3n) is 5.12. The fourth-order valence-electron chi connectivity index (χ4n) is 3.79. The van der Waals surface area contributed by atoms with Crippen molar-refractivity contribution in [3.63, 3.8) is 0 Å². The smallest absolute Gasteiger partial charge is 0.255 e. The van der Waals surface area contributed by atoms with Crippen molar-refractivity contribution in [1.29, 1.82) is 0 Å². The summed E-state index contributed by atoms with van der Waals surface area (Å²) in [6.07, 6.45) is 1.94. The Hall–Kier alpha value is -2.11. The van der Waals surface area contributed by atoms with Crippen LogP contribution >= 0.6 is 0 Å². The molecule has 3 heterocycles. The van der Waals surface area contributed by atoms with Crippen LogP contribution in [0.5, 0.6) is 0 Å². The van der Waals surface area contributed by atoms with Crippen molar-refractivity contribution < 1.29 is 9.53 Å². The van der Waals surface area contributed by atoms with Gasteiger partial charge in [-0.05, 0) is 18.6 Å². The highest BCUT2D eigenvalue weighted by molar-refractivity contribution is 5.95. The van der Waals surface area contributed by atoms with Crippen LogP contribution in [0.15, 0.2) is 42.6 Å². The lowest BCUT2D eigenvalue weighted by Gasteiger charge is -2.36. The van der Waals surface area contributed by atoms with E-state index in [1.807, 2.05) is 30.2 Å². The number of likely N-dealkylation sites (tertiary alicyclic amines) is 1. The first-order valence-electron chi connectivity index (χ1n) is 8.55. The van der Waals surface area contributed by atoms with Crippen LogP contribution in [0.3, 0.4) is 0 Å². The van der Waals surface area contributed by atoms with E-state index < -0.39 is 0 Å². The maximum atomic E-state index is 12.8. The fourth-order valence-corrected chi connectivity index (χ4v) is 3.79. The van der Waals surface area contributed by atoms with E-state index in [4.69, 9.17) is 4.74 Å². The van der Waals surface area contributed by atoms with Gasteiger partial charge < -0.3 is 14.6 Å². The highest BCUT2D eigenvalue weighted by atomic mass is 16.5. The molecule has 2 aliphatic rings. The van der Waals surface area contributed by atoms with Gasteiger partial charge in [-0.1, -0.05) is 30.3 Å². The predicted molar refractivity (Wildman–Crippen MR) is 91.8 cm³/mol. The highest BCUT2D eigenvalue weighted by Crippen LogP contribution is 2.26. The fraction of sp³-hybridized carbons (Fsp3) is 0.421. The standard InChI is InChI=1S/C19H23N3O2/c1-14-16(7-8-20-14)19(23)22-12-17-18(13-22)24-10-9-21(17)11-15-5-3-2-4-6-15/h2-8,17-18,20H,9-13H2,1H3/t17-,18+/m1/s1. The summed E-state index contributed by atoms with van der Waals surface area (Å²) >= 11 is 0. The van der Waals surface area contributed by atoms with Gasteiger partial charge in [0.05, 0.1) is 24.3 Å². The molecule has 1 aromatic heterocycles. The van der Waals surface area contributed by atoms with Gasteiger partial charge in [-0.25, -0.2) is 0 Å². The maximum Gasteiger partial charge on any atom is 0.255 e. The number of nitrogens with zero attached hydrogens (tertiary/aromatic N) is 2. The molecule has 0 saturated carbocycles. The first-order valence-corrected chi connectivity index (χ1v) is 8.55. The van der Waals surface area contributed by atoms with Gasteiger partial charge in [-0.2, -0.15) is 0 Å². The molecule has 0 spiro atoms. The molecule has 2 saturated heterocycles. The van der Waals surface area contributed by atoms with Crippen molar-refractivity contribution >= 4 is 5.91 Å². The second-order valence-corrected chi connectivity index (χ2v) is 6.66. The summed E-state index contributed by atoms with van der Waals surface area (Å²) in [6.45, 7) is 5.92. The molecule has 0 aliphatic carbocycles. The minimum Gasteiger partial charge on any atom is -0.373 e. The third kappa shape index (κ3) is 2.85. The average Bonchev–Trinajstić information content (AvgIpc) is 3.22. The van der Waals surface area contributed by atoms with Crippen molar-refractivity contribution in [2.45, 2.75) is 25.6 Å². The number of H-pyrrole nitrogens is 1. The Bertz CT molecular complexity index is 712. The number of morpholine rings is 1. The molecule has 2 aliphatic heterocycles. The quantitative estimate of drug-likeness (QED) is 0.939. The molecule has 1 amide bonds. The number of aromatic amines is 1. The van der Waals surface area contributed by atoms with Crippen LogP contribution in [0.2, 0.25) is 0 Å². The van der Waals surface area contributed by atoms with Crippen molar-refractivity contribution in [2.75, 3.05) is 26.2 Å². The number of aromatic nitrogens is 1. The van der Waals surface area contributed by atoms with E-state index in [1.54, 1.807) is 0 Å². The number of carbonyl (C=O) groups is 1. The molecule has 126 valence electrons. The number of carbonyl (C=O) groups excluding carboxylic acids is 1. The molecular weight excluding hydrogens is 302 g/mol. The predicted octanol–water partition coefficient (Wildman–Crippen LogP) is 2.05. The topological polar surface area (TPSA) is 48.6 Å². The van der Waals surface area contributed by atoms with E-state index in [1.165, 1.54) is 5.56 Å². The van der Waals surface area contributed by atoms with Gasteiger partial charge in [0.15, 0.2) is 0 Å². The van der Waals surface area contributed by atoms with Crippen LogP contribution in [0.1, 0.15) is 21.6 Å². The van der Waals surface area contributed by atoms with E-state index in [0.29, 0.717) is 6.54 Å². The van der Waals surface area contributed by atoms with Gasteiger partial charge in [0.25, 0.3) is 5.91 Å². The summed E-state index contributed by atoms with van der Waals surface area (Å²) in [7, 11) is 0. The largest absolute Gasteiger partial charge is 0.373 e. The van der Waals surface area contributed by atoms with Crippen LogP contribution < -0.4 is 0 Å². The van der Waals surface area contributed by atoms with Gasteiger partial charge in [0, 0.05) is 38.1 Å². The van der Waals surface area contributed by atoms with Gasteiger partial charge in [0.1, 0.15) is 0 Å². The van der Waals surface area contributed by atoms with Crippen LogP contribution in [-0.2, 0) is 11.3 Å². The van der Waals surface area contributed by atoms with E-state index in [-0.39, 0.29) is 18.1 Å². The van der Waals surface area contributed by atoms with E-state index in [9.17, 15) is 4.79 Å². The molecule has 0 bridgehead atoms. The number of amides is 1. The monoisotopic (exact) mass is 325 g/mol. The molecule has 2 fully saturated rings. The van der Waals surface area contributed by atoms with E-state index in [0.717, 1.165) is 37.5 Å². The van der Waals surface area contributed by atoms with Gasteiger partial charge in [0.2, 0.25) is 0 Å². The number of ether oxygens (including phenoxy) is 1. The summed E-state index contributed by atoms with van der Waals surface area (Å²) in [5.74, 6) is 0.103. The summed E-state index contributed by atoms with van der Waals surface area (Å²) in [6, 6.07) is 12.7. The molecule has 2 aromatic rings. The molecule has 5 nitrogen and oxygen atoms in total. The Kier molecular flexibility index (Phi) is 4.12. The summed E-state index contributed by atoms with van der Waals surface area (Å²) in [4.78, 5) is 20.3. The molecule has 24 heavy (non-hydrogen) atoms. The number of rotatable bonds is 3. The Morgan fingerprint density at radius 1 is 1.25 bits per heavy atom. The number of nitrogens with one attached hydrogen (secondary N) is 1. The molecule has 0 unspecified atom stereocenters. The lowest BCUT2D eigenvalue weighted by molar-refractivity contribution is -0.0503. The first kappa shape index (κ1) is 15.4. The van der Waals surface area contributed by atoms with Crippen LogP contribution in [0.25, 0.3) is 0 Å². The van der Waals surface area contributed by atoms with E-state index >= 15 is 0 Å². The van der Waals surface area contributed by atoms with Crippen molar-refractivity contribution in [3.05, 3.63) is 59.4 Å². The van der Waals surface area contributed by atoms with Crippen LogP contribution in [0, 0.1) is 6.92 Å². The van der Waals surface area contributed by atoms with Crippen molar-refractivity contribution in [3.8, 4) is 0 Å². The second-order valence-electron chi connectivity index (χ2n) is 6.66. The highest BCUT2D eigenvalue weighted by Gasteiger charge is 2.42.